The van der Waals surface area contributed by atoms with Gasteiger partial charge < -0.3 is 4.90 Å². The van der Waals surface area contributed by atoms with Crippen LogP contribution >= 0.6 is 0 Å². The molecule has 0 aliphatic carbocycles. The molecule has 0 amide bonds. The van der Waals surface area contributed by atoms with Gasteiger partial charge in [-0.05, 0) is 19.3 Å². The first-order valence-corrected chi connectivity index (χ1v) is 6.28. The topological polar surface area (TPSA) is 133 Å². The van der Waals surface area contributed by atoms with E-state index in [-0.39, 0.29) is 5.69 Å². The van der Waals surface area contributed by atoms with Crippen molar-refractivity contribution < 1.29 is 14.8 Å². The Kier molecular flexibility index (Phi) is 3.96. The molecule has 0 radical (unpaired) electrons. The van der Waals surface area contributed by atoms with Crippen molar-refractivity contribution in [3.63, 3.8) is 0 Å². The minimum Gasteiger partial charge on any atom is -0.360 e. The number of piperidine rings is 1. The van der Waals surface area contributed by atoms with Crippen LogP contribution in [0.2, 0.25) is 0 Å². The summed E-state index contributed by atoms with van der Waals surface area (Å²) < 4.78 is 0. The van der Waals surface area contributed by atoms with E-state index < -0.39 is 31.8 Å². The zero-order chi connectivity index (χ0) is 15.6. The fraction of sp³-hybridized carbons (Fsp3) is 0.455. The first-order valence-electron chi connectivity index (χ1n) is 6.28. The number of rotatable bonds is 4. The lowest BCUT2D eigenvalue weighted by Crippen LogP contribution is -2.30. The normalized spacial score (nSPS) is 14.8. The summed E-state index contributed by atoms with van der Waals surface area (Å²) in [5.41, 5.74) is -2.00. The molecule has 1 aliphatic heterocycles. The van der Waals surface area contributed by atoms with Gasteiger partial charge >= 0.3 is 11.4 Å². The smallest absolute Gasteiger partial charge is 0.306 e. The second kappa shape index (κ2) is 5.69. The number of nitro groups is 3. The average Bonchev–Trinajstić information content (AvgIpc) is 2.46. The predicted octanol–water partition coefficient (Wildman–Crippen LogP) is 2.40. The van der Waals surface area contributed by atoms with Crippen molar-refractivity contribution in [2.24, 2.45) is 0 Å². The van der Waals surface area contributed by atoms with Crippen molar-refractivity contribution in [1.29, 1.82) is 0 Å². The van der Waals surface area contributed by atoms with Gasteiger partial charge in [-0.25, -0.2) is 0 Å². The first kappa shape index (κ1) is 14.6. The number of non-ortho nitro benzene ring substituents is 1. The van der Waals surface area contributed by atoms with E-state index in [4.69, 9.17) is 0 Å². The van der Waals surface area contributed by atoms with Crippen molar-refractivity contribution in [3.05, 3.63) is 42.5 Å². The van der Waals surface area contributed by atoms with E-state index in [1.807, 2.05) is 0 Å². The maximum absolute atomic E-state index is 11.1. The second-order valence-electron chi connectivity index (χ2n) is 4.65. The molecule has 1 saturated heterocycles. The van der Waals surface area contributed by atoms with Crippen LogP contribution in [-0.4, -0.2) is 27.9 Å². The van der Waals surface area contributed by atoms with E-state index in [9.17, 15) is 30.3 Å². The minimum absolute atomic E-state index is 0.143. The molecule has 0 aromatic heterocycles. The lowest BCUT2D eigenvalue weighted by molar-refractivity contribution is -0.402. The van der Waals surface area contributed by atoms with Gasteiger partial charge in [0.15, 0.2) is 5.69 Å². The molecule has 0 unspecified atom stereocenters. The summed E-state index contributed by atoms with van der Waals surface area (Å²) in [5.74, 6) is 0. The van der Waals surface area contributed by atoms with Gasteiger partial charge in [-0.1, -0.05) is 0 Å². The molecule has 1 fully saturated rings. The van der Waals surface area contributed by atoms with Crippen LogP contribution < -0.4 is 4.90 Å². The van der Waals surface area contributed by atoms with Crippen LogP contribution in [0.15, 0.2) is 12.1 Å². The molecule has 112 valence electrons. The highest BCUT2D eigenvalue weighted by Crippen LogP contribution is 2.41. The van der Waals surface area contributed by atoms with Gasteiger partial charge in [0.1, 0.15) is 0 Å². The molecule has 10 nitrogen and oxygen atoms in total. The van der Waals surface area contributed by atoms with Gasteiger partial charge in [0, 0.05) is 13.1 Å². The lowest BCUT2D eigenvalue weighted by atomic mass is 10.1. The Bertz CT molecular complexity index is 576. The Morgan fingerprint density at radius 2 is 1.29 bits per heavy atom. The molecule has 0 bridgehead atoms. The molecular formula is C11H12N4O6. The molecule has 0 atom stereocenters. The number of anilines is 1. The molecule has 1 aromatic carbocycles. The van der Waals surface area contributed by atoms with E-state index >= 15 is 0 Å². The molecule has 0 N–H and O–H groups in total. The Morgan fingerprint density at radius 3 is 1.67 bits per heavy atom. The van der Waals surface area contributed by atoms with Gasteiger partial charge in [-0.2, -0.15) is 0 Å². The zero-order valence-electron chi connectivity index (χ0n) is 10.9. The van der Waals surface area contributed by atoms with Crippen molar-refractivity contribution >= 4 is 22.7 Å². The van der Waals surface area contributed by atoms with Gasteiger partial charge in [0.2, 0.25) is 0 Å². The van der Waals surface area contributed by atoms with E-state index in [1.54, 1.807) is 4.90 Å². The quantitative estimate of drug-likeness (QED) is 0.615. The summed E-state index contributed by atoms with van der Waals surface area (Å²) in [5, 5.41) is 33.1. The molecular weight excluding hydrogens is 284 g/mol. The molecule has 2 rings (SSSR count). The van der Waals surface area contributed by atoms with Crippen LogP contribution in [0.1, 0.15) is 19.3 Å². The zero-order valence-corrected chi connectivity index (χ0v) is 10.9. The van der Waals surface area contributed by atoms with Crippen LogP contribution in [0.4, 0.5) is 22.7 Å². The summed E-state index contributed by atoms with van der Waals surface area (Å²) in [6.07, 6.45) is 2.49. The van der Waals surface area contributed by atoms with Crippen LogP contribution in [-0.2, 0) is 0 Å². The Morgan fingerprint density at radius 1 is 0.810 bits per heavy atom. The van der Waals surface area contributed by atoms with Crippen molar-refractivity contribution in [3.8, 4) is 0 Å². The van der Waals surface area contributed by atoms with Crippen LogP contribution in [0.25, 0.3) is 0 Å². The number of hydrogen-bond acceptors (Lipinski definition) is 7. The van der Waals surface area contributed by atoms with Crippen LogP contribution in [0, 0.1) is 30.3 Å². The molecule has 0 saturated carbocycles. The largest absolute Gasteiger partial charge is 0.360 e. The highest BCUT2D eigenvalue weighted by Gasteiger charge is 2.34. The van der Waals surface area contributed by atoms with Crippen molar-refractivity contribution in [2.75, 3.05) is 18.0 Å². The third-order valence-corrected chi connectivity index (χ3v) is 3.33. The van der Waals surface area contributed by atoms with E-state index in [0.717, 1.165) is 31.4 Å². The number of nitrogens with zero attached hydrogens (tertiary/aromatic N) is 4. The van der Waals surface area contributed by atoms with Gasteiger partial charge in [0.25, 0.3) is 5.69 Å². The third-order valence-electron chi connectivity index (χ3n) is 3.33. The first-order chi connectivity index (χ1) is 9.91. The summed E-state index contributed by atoms with van der Waals surface area (Å²) in [7, 11) is 0. The highest BCUT2D eigenvalue weighted by molar-refractivity contribution is 5.78. The van der Waals surface area contributed by atoms with Crippen molar-refractivity contribution in [2.45, 2.75) is 19.3 Å². The predicted molar refractivity (Wildman–Crippen MR) is 72.5 cm³/mol. The van der Waals surface area contributed by atoms with Crippen LogP contribution in [0.3, 0.4) is 0 Å². The fourth-order valence-electron chi connectivity index (χ4n) is 2.42. The summed E-state index contributed by atoms with van der Waals surface area (Å²) in [4.78, 5) is 32.1. The fourth-order valence-corrected chi connectivity index (χ4v) is 2.42. The average molecular weight is 296 g/mol. The van der Waals surface area contributed by atoms with Gasteiger partial charge in [-0.3, -0.25) is 30.3 Å². The van der Waals surface area contributed by atoms with Crippen molar-refractivity contribution in [1.82, 2.24) is 0 Å². The summed E-state index contributed by atoms with van der Waals surface area (Å²) >= 11 is 0. The molecule has 1 heterocycles. The maximum Gasteiger partial charge on any atom is 0.306 e. The highest BCUT2D eigenvalue weighted by atomic mass is 16.6. The SMILES string of the molecule is O=[N+]([O-])c1cc([N+](=O)[O-])c(N2CCCCC2)c([N+](=O)[O-])c1. The number of nitro benzene ring substituents is 3. The third kappa shape index (κ3) is 2.88. The monoisotopic (exact) mass is 296 g/mol. The Hall–Kier alpha value is -2.78. The molecule has 1 aliphatic rings. The molecule has 0 spiro atoms. The standard InChI is InChI=1S/C11H12N4O6/c16-13(17)8-6-9(14(18)19)11(10(7-8)15(20)21)12-4-2-1-3-5-12/h6-7H,1-5H2. The second-order valence-corrected chi connectivity index (χ2v) is 4.65. The minimum atomic E-state index is -0.875. The Balaban J connectivity index is 2.66. The summed E-state index contributed by atoms with van der Waals surface area (Å²) in [6, 6.07) is 1.55. The lowest BCUT2D eigenvalue weighted by Gasteiger charge is -2.27. The van der Waals surface area contributed by atoms with Crippen LogP contribution in [0.5, 0.6) is 0 Å². The number of benzene rings is 1. The Labute approximate surface area is 118 Å². The van der Waals surface area contributed by atoms with Gasteiger partial charge in [0.05, 0.1) is 26.9 Å². The summed E-state index contributed by atoms with van der Waals surface area (Å²) in [6.45, 7) is 0.916. The molecule has 10 heteroatoms. The molecule has 1 aromatic rings. The molecule has 21 heavy (non-hydrogen) atoms. The van der Waals surface area contributed by atoms with E-state index in [1.165, 1.54) is 0 Å². The van der Waals surface area contributed by atoms with E-state index in [2.05, 4.69) is 0 Å². The van der Waals surface area contributed by atoms with Gasteiger partial charge in [-0.15, -0.1) is 0 Å². The maximum atomic E-state index is 11.1. The van der Waals surface area contributed by atoms with E-state index in [0.29, 0.717) is 13.1 Å². The number of hydrogen-bond donors (Lipinski definition) is 0.